The largest absolute Gasteiger partial charge is 0.0991 e. The van der Waals surface area contributed by atoms with Crippen LogP contribution in [0.1, 0.15) is 19.8 Å². The Morgan fingerprint density at radius 2 is 1.38 bits per heavy atom. The molecule has 13 heavy (non-hydrogen) atoms. The molecule has 0 spiro atoms. The van der Waals surface area contributed by atoms with E-state index in [0.29, 0.717) is 0 Å². The molecule has 0 rings (SSSR count). The van der Waals surface area contributed by atoms with Crippen LogP contribution in [0.4, 0.5) is 0 Å². The first-order chi connectivity index (χ1) is 6.41. The maximum atomic E-state index is 3.58. The molecule has 0 aromatic rings. The predicted octanol–water partition coefficient (Wildman–Crippen LogP) is 4.20. The van der Waals surface area contributed by atoms with Gasteiger partial charge < -0.3 is 0 Å². The van der Waals surface area contributed by atoms with Gasteiger partial charge in [-0.05, 0) is 6.42 Å². The predicted molar refractivity (Wildman–Crippen MR) is 61.7 cm³/mol. The van der Waals surface area contributed by atoms with E-state index in [1.54, 1.807) is 6.08 Å². The molecule has 0 heterocycles. The van der Waals surface area contributed by atoms with E-state index in [0.717, 1.165) is 6.42 Å². The summed E-state index contributed by atoms with van der Waals surface area (Å²) in [6.07, 6.45) is 20.2. The second-order valence-corrected chi connectivity index (χ2v) is 2.61. The molecule has 0 aliphatic heterocycles. The van der Waals surface area contributed by atoms with Crippen LogP contribution >= 0.6 is 0 Å². The summed E-state index contributed by atoms with van der Waals surface area (Å²) in [6, 6.07) is 0. The van der Waals surface area contributed by atoms with Crippen LogP contribution < -0.4 is 0 Å². The van der Waals surface area contributed by atoms with Gasteiger partial charge in [-0.25, -0.2) is 0 Å². The van der Waals surface area contributed by atoms with E-state index >= 15 is 0 Å². The van der Waals surface area contributed by atoms with Crippen LogP contribution in [0, 0.1) is 0 Å². The Hall–Kier alpha value is -1.30. The van der Waals surface area contributed by atoms with E-state index in [1.165, 1.54) is 6.42 Å². The average Bonchev–Trinajstić information content (AvgIpc) is 2.16. The van der Waals surface area contributed by atoms with Gasteiger partial charge in [-0.2, -0.15) is 0 Å². The van der Waals surface area contributed by atoms with Gasteiger partial charge in [-0.3, -0.25) is 0 Å². The lowest BCUT2D eigenvalue weighted by molar-refractivity contribution is 0.959. The van der Waals surface area contributed by atoms with Gasteiger partial charge in [0.15, 0.2) is 0 Å². The molecule has 0 nitrogen and oxygen atoms in total. The van der Waals surface area contributed by atoms with E-state index in [2.05, 4.69) is 25.7 Å². The highest BCUT2D eigenvalue weighted by atomic mass is 13.7. The van der Waals surface area contributed by atoms with Crippen LogP contribution in [0.15, 0.2) is 61.3 Å². The minimum absolute atomic E-state index is 1.16. The molecule has 0 unspecified atom stereocenters. The lowest BCUT2D eigenvalue weighted by atomic mass is 10.3. The first-order valence-electron chi connectivity index (χ1n) is 4.69. The molecule has 0 N–H and O–H groups in total. The van der Waals surface area contributed by atoms with Crippen LogP contribution in [0.2, 0.25) is 0 Å². The molecule has 0 saturated carbocycles. The molecule has 0 aromatic heterocycles. The van der Waals surface area contributed by atoms with Crippen molar-refractivity contribution in [1.82, 2.24) is 0 Å². The van der Waals surface area contributed by atoms with E-state index in [1.807, 2.05) is 36.5 Å². The summed E-state index contributed by atoms with van der Waals surface area (Å²) in [5.74, 6) is 0. The molecule has 70 valence electrons. The first kappa shape index (κ1) is 11.7. The molecule has 0 fully saturated rings. The van der Waals surface area contributed by atoms with Crippen LogP contribution in [-0.4, -0.2) is 0 Å². The Bertz CT molecular complexity index is 214. The number of rotatable bonds is 6. The summed E-state index contributed by atoms with van der Waals surface area (Å²) in [7, 11) is 0. The Morgan fingerprint density at radius 1 is 0.846 bits per heavy atom. The van der Waals surface area contributed by atoms with Gasteiger partial charge in [0, 0.05) is 0 Å². The van der Waals surface area contributed by atoms with Crippen molar-refractivity contribution in [3.05, 3.63) is 61.3 Å². The third kappa shape index (κ3) is 10.7. The van der Waals surface area contributed by atoms with Gasteiger partial charge in [0.05, 0.1) is 0 Å². The van der Waals surface area contributed by atoms with E-state index < -0.39 is 0 Å². The average molecular weight is 174 g/mol. The van der Waals surface area contributed by atoms with Crippen molar-refractivity contribution in [2.75, 3.05) is 0 Å². The molecule has 0 atom stereocenters. The summed E-state index contributed by atoms with van der Waals surface area (Å²) in [5, 5.41) is 0. The molecule has 0 saturated heterocycles. The Morgan fingerprint density at radius 3 is 1.92 bits per heavy atom. The summed E-state index contributed by atoms with van der Waals surface area (Å²) < 4.78 is 0. The highest BCUT2D eigenvalue weighted by Gasteiger charge is 1.68. The fourth-order valence-electron chi connectivity index (χ4n) is 0.741. The standard InChI is InChI=1S/C13H18/c1-3-5-7-9-11-13-12-10-8-6-4-2/h3,5,7-13H,1,4,6H2,2H3/b7-5+,10-8+,11-9+,13-12+. The number of unbranched alkanes of at least 4 members (excludes halogenated alkanes) is 1. The molecule has 0 aromatic carbocycles. The van der Waals surface area contributed by atoms with Crippen molar-refractivity contribution in [2.45, 2.75) is 19.8 Å². The molecule has 0 aliphatic carbocycles. The lowest BCUT2D eigenvalue weighted by Gasteiger charge is -1.79. The zero-order valence-electron chi connectivity index (χ0n) is 8.32. The number of hydrogen-bond donors (Lipinski definition) is 0. The molecular weight excluding hydrogens is 156 g/mol. The van der Waals surface area contributed by atoms with Gasteiger partial charge in [-0.15, -0.1) is 0 Å². The molecule has 0 radical (unpaired) electrons. The number of allylic oxidation sites excluding steroid dienone is 9. The van der Waals surface area contributed by atoms with Crippen LogP contribution in [0.3, 0.4) is 0 Å². The topological polar surface area (TPSA) is 0 Å². The van der Waals surface area contributed by atoms with Gasteiger partial charge in [-0.1, -0.05) is 74.6 Å². The molecule has 0 amide bonds. The van der Waals surface area contributed by atoms with Crippen LogP contribution in [0.5, 0.6) is 0 Å². The van der Waals surface area contributed by atoms with Gasteiger partial charge in [0.2, 0.25) is 0 Å². The van der Waals surface area contributed by atoms with Gasteiger partial charge in [0.1, 0.15) is 0 Å². The lowest BCUT2D eigenvalue weighted by Crippen LogP contribution is -1.58. The fraction of sp³-hybridized carbons (Fsp3) is 0.231. The van der Waals surface area contributed by atoms with Gasteiger partial charge >= 0.3 is 0 Å². The van der Waals surface area contributed by atoms with Crippen molar-refractivity contribution in [2.24, 2.45) is 0 Å². The Kier molecular flexibility index (Phi) is 9.63. The summed E-state index contributed by atoms with van der Waals surface area (Å²) in [6.45, 7) is 5.75. The maximum Gasteiger partial charge on any atom is -0.0350 e. The van der Waals surface area contributed by atoms with Gasteiger partial charge in [0.25, 0.3) is 0 Å². The Balaban J connectivity index is 3.56. The van der Waals surface area contributed by atoms with E-state index in [9.17, 15) is 0 Å². The van der Waals surface area contributed by atoms with Crippen molar-refractivity contribution in [1.29, 1.82) is 0 Å². The van der Waals surface area contributed by atoms with E-state index in [4.69, 9.17) is 0 Å². The third-order valence-electron chi connectivity index (χ3n) is 1.39. The van der Waals surface area contributed by atoms with Crippen molar-refractivity contribution in [3.63, 3.8) is 0 Å². The monoisotopic (exact) mass is 174 g/mol. The molecular formula is C13H18. The van der Waals surface area contributed by atoms with Crippen molar-refractivity contribution < 1.29 is 0 Å². The zero-order chi connectivity index (χ0) is 9.78. The molecule has 0 bridgehead atoms. The second kappa shape index (κ2) is 10.7. The quantitative estimate of drug-likeness (QED) is 0.529. The second-order valence-electron chi connectivity index (χ2n) is 2.61. The zero-order valence-corrected chi connectivity index (χ0v) is 8.32. The van der Waals surface area contributed by atoms with Crippen LogP contribution in [0.25, 0.3) is 0 Å². The highest BCUT2D eigenvalue weighted by Crippen LogP contribution is 1.89. The normalized spacial score (nSPS) is 12.7. The molecule has 0 aliphatic rings. The fourth-order valence-corrected chi connectivity index (χ4v) is 0.741. The van der Waals surface area contributed by atoms with Crippen molar-refractivity contribution in [3.8, 4) is 0 Å². The van der Waals surface area contributed by atoms with Crippen molar-refractivity contribution >= 4 is 0 Å². The van der Waals surface area contributed by atoms with E-state index in [-0.39, 0.29) is 0 Å². The maximum absolute atomic E-state index is 3.58. The van der Waals surface area contributed by atoms with Crippen LogP contribution in [-0.2, 0) is 0 Å². The first-order valence-corrected chi connectivity index (χ1v) is 4.69. The minimum atomic E-state index is 1.16. The summed E-state index contributed by atoms with van der Waals surface area (Å²) in [4.78, 5) is 0. The minimum Gasteiger partial charge on any atom is -0.0991 e. The highest BCUT2D eigenvalue weighted by molar-refractivity contribution is 5.17. The SMILES string of the molecule is C=C/C=C/C=C/C=C/C=C/CCC. The summed E-state index contributed by atoms with van der Waals surface area (Å²) >= 11 is 0. The summed E-state index contributed by atoms with van der Waals surface area (Å²) in [5.41, 5.74) is 0. The smallest absolute Gasteiger partial charge is 0.0350 e. The third-order valence-corrected chi connectivity index (χ3v) is 1.39. The molecule has 0 heteroatoms. The Labute approximate surface area is 81.7 Å². The number of hydrogen-bond acceptors (Lipinski definition) is 0.